The molecule has 0 atom stereocenters. The average molecular weight is 345 g/mol. The molecule has 6 heteroatoms. The lowest BCUT2D eigenvalue weighted by atomic mass is 10.2. The number of rotatable bonds is 8. The monoisotopic (exact) mass is 345 g/mol. The van der Waals surface area contributed by atoms with Gasteiger partial charge < -0.3 is 25.0 Å². The summed E-state index contributed by atoms with van der Waals surface area (Å²) in [5, 5.41) is 26.8. The van der Waals surface area contributed by atoms with Crippen molar-refractivity contribution in [2.24, 2.45) is 0 Å². The summed E-state index contributed by atoms with van der Waals surface area (Å²) in [5.41, 5.74) is 0.966. The van der Waals surface area contributed by atoms with Crippen molar-refractivity contribution in [1.29, 1.82) is 0 Å². The summed E-state index contributed by atoms with van der Waals surface area (Å²) in [6.07, 6.45) is 0.200. The minimum absolute atomic E-state index is 0.181. The summed E-state index contributed by atoms with van der Waals surface area (Å²) in [6, 6.07) is 18.4. The fourth-order valence-electron chi connectivity index (χ4n) is 2.36. The lowest BCUT2D eigenvalue weighted by Crippen LogP contribution is -2.34. The highest BCUT2D eigenvalue weighted by Gasteiger charge is 2.19. The Morgan fingerprint density at radius 3 is 2.12 bits per heavy atom. The average Bonchev–Trinajstić information content (AvgIpc) is 2.58. The summed E-state index contributed by atoms with van der Waals surface area (Å²) in [4.78, 5) is 14.0. The molecule has 2 rings (SSSR count). The smallest absolute Gasteiger partial charge is 0.410 e. The minimum atomic E-state index is -2.67. The van der Waals surface area contributed by atoms with Crippen LogP contribution < -0.4 is 4.74 Å². The fourth-order valence-corrected chi connectivity index (χ4v) is 2.36. The van der Waals surface area contributed by atoms with Crippen LogP contribution in [-0.2, 0) is 6.54 Å². The fraction of sp³-hybridized carbons (Fsp3) is 0.316. The molecular weight excluding hydrogens is 322 g/mol. The zero-order valence-electron chi connectivity index (χ0n) is 13.9. The molecule has 1 amide bonds. The van der Waals surface area contributed by atoms with E-state index in [9.17, 15) is 4.79 Å². The Morgan fingerprint density at radius 2 is 1.52 bits per heavy atom. The van der Waals surface area contributed by atoms with Crippen molar-refractivity contribution < 1.29 is 24.9 Å². The molecule has 3 N–H and O–H groups in total. The Hall–Kier alpha value is -2.41. The number of hydrogen-bond acceptors (Lipinski definition) is 5. The molecule has 0 aliphatic heterocycles. The molecule has 0 aliphatic carbocycles. The predicted molar refractivity (Wildman–Crippen MR) is 92.6 cm³/mol. The van der Waals surface area contributed by atoms with Crippen LogP contribution in [0.3, 0.4) is 0 Å². The van der Waals surface area contributed by atoms with Crippen molar-refractivity contribution in [3.63, 3.8) is 0 Å². The minimum Gasteiger partial charge on any atom is -0.410 e. The van der Waals surface area contributed by atoms with Crippen molar-refractivity contribution in [2.45, 2.75) is 31.8 Å². The van der Waals surface area contributed by atoms with Gasteiger partial charge in [-0.1, -0.05) is 48.5 Å². The van der Waals surface area contributed by atoms with Crippen molar-refractivity contribution in [1.82, 2.24) is 4.90 Å². The van der Waals surface area contributed by atoms with Gasteiger partial charge >= 0.3 is 6.09 Å². The number of amides is 1. The number of hydrogen-bond donors (Lipinski definition) is 3. The van der Waals surface area contributed by atoms with Crippen LogP contribution >= 0.6 is 0 Å². The number of unbranched alkanes of at least 4 members (excludes halogenated alkanes) is 1. The molecule has 0 aromatic heterocycles. The van der Waals surface area contributed by atoms with Gasteiger partial charge in [-0.3, -0.25) is 0 Å². The molecule has 2 aromatic rings. The first kappa shape index (κ1) is 18.9. The first-order valence-electron chi connectivity index (χ1n) is 8.17. The molecule has 0 saturated heterocycles. The van der Waals surface area contributed by atoms with E-state index in [2.05, 4.69) is 0 Å². The second-order valence-corrected chi connectivity index (χ2v) is 5.82. The molecule has 0 aliphatic rings. The molecule has 0 spiro atoms. The first-order valence-corrected chi connectivity index (χ1v) is 8.17. The van der Waals surface area contributed by atoms with Gasteiger partial charge in [-0.2, -0.15) is 0 Å². The van der Waals surface area contributed by atoms with Crippen molar-refractivity contribution in [2.75, 3.05) is 6.54 Å². The summed E-state index contributed by atoms with van der Waals surface area (Å²) in [7, 11) is 0. The van der Waals surface area contributed by atoms with Crippen LogP contribution in [0.1, 0.15) is 24.8 Å². The maximum Gasteiger partial charge on any atom is 0.415 e. The van der Waals surface area contributed by atoms with Gasteiger partial charge in [-0.25, -0.2) is 4.79 Å². The Labute approximate surface area is 146 Å². The van der Waals surface area contributed by atoms with Crippen LogP contribution in [0.15, 0.2) is 60.7 Å². The maximum absolute atomic E-state index is 12.5. The van der Waals surface area contributed by atoms with Crippen LogP contribution in [-0.4, -0.2) is 38.8 Å². The maximum atomic E-state index is 12.5. The van der Waals surface area contributed by atoms with E-state index in [1.807, 2.05) is 36.4 Å². The molecule has 6 nitrogen and oxygen atoms in total. The standard InChI is InChI=1S/C19H23NO5/c21-18(25-17-11-5-2-6-12-17)20(14-8-7-13-19(22,23)24)15-16-9-3-1-4-10-16/h1-6,9-12,22-24H,7-8,13-15H2. The van der Waals surface area contributed by atoms with Crippen LogP contribution in [0.25, 0.3) is 0 Å². The molecule has 25 heavy (non-hydrogen) atoms. The van der Waals surface area contributed by atoms with E-state index in [0.717, 1.165) is 5.56 Å². The second-order valence-electron chi connectivity index (χ2n) is 5.82. The van der Waals surface area contributed by atoms with Crippen molar-refractivity contribution in [3.05, 3.63) is 66.2 Å². The number of nitrogens with zero attached hydrogens (tertiary/aromatic N) is 1. The summed E-state index contributed by atoms with van der Waals surface area (Å²) in [6.45, 7) is 0.756. The second kappa shape index (κ2) is 9.17. The van der Waals surface area contributed by atoms with Gasteiger partial charge in [-0.05, 0) is 30.5 Å². The van der Waals surface area contributed by atoms with E-state index in [1.54, 1.807) is 29.2 Å². The molecule has 0 fully saturated rings. The molecule has 0 unspecified atom stereocenters. The van der Waals surface area contributed by atoms with Gasteiger partial charge in [0.1, 0.15) is 5.75 Å². The van der Waals surface area contributed by atoms with E-state index in [0.29, 0.717) is 31.7 Å². The SMILES string of the molecule is O=C(Oc1ccccc1)N(CCCCC(O)(O)O)Cc1ccccc1. The number of carbonyl (C=O) groups is 1. The highest BCUT2D eigenvalue weighted by molar-refractivity contribution is 5.70. The predicted octanol–water partition coefficient (Wildman–Crippen LogP) is 2.49. The van der Waals surface area contributed by atoms with Crippen LogP contribution in [0.2, 0.25) is 0 Å². The lowest BCUT2D eigenvalue weighted by molar-refractivity contribution is -0.315. The van der Waals surface area contributed by atoms with Gasteiger partial charge in [-0.15, -0.1) is 0 Å². The van der Waals surface area contributed by atoms with E-state index in [4.69, 9.17) is 20.1 Å². The largest absolute Gasteiger partial charge is 0.415 e. The Balaban J connectivity index is 1.96. The summed E-state index contributed by atoms with van der Waals surface area (Å²) in [5.74, 6) is -2.21. The number of para-hydroxylation sites is 1. The zero-order chi connectivity index (χ0) is 18.1. The number of ether oxygens (including phenoxy) is 1. The number of benzene rings is 2. The number of carbonyl (C=O) groups excluding carboxylic acids is 1. The quantitative estimate of drug-likeness (QED) is 0.505. The third-order valence-corrected chi connectivity index (χ3v) is 3.61. The van der Waals surface area contributed by atoms with Crippen LogP contribution in [0.4, 0.5) is 4.79 Å². The summed E-state index contributed by atoms with van der Waals surface area (Å²) >= 11 is 0. The van der Waals surface area contributed by atoms with E-state index in [1.165, 1.54) is 0 Å². The van der Waals surface area contributed by atoms with Gasteiger partial charge in [0.2, 0.25) is 0 Å². The molecular formula is C19H23NO5. The first-order chi connectivity index (χ1) is 11.9. The van der Waals surface area contributed by atoms with E-state index in [-0.39, 0.29) is 6.42 Å². The number of aliphatic hydroxyl groups is 3. The Bertz CT molecular complexity index is 640. The van der Waals surface area contributed by atoms with Crippen molar-refractivity contribution in [3.8, 4) is 5.75 Å². The van der Waals surface area contributed by atoms with Crippen LogP contribution in [0, 0.1) is 0 Å². The highest BCUT2D eigenvalue weighted by Crippen LogP contribution is 2.14. The Kier molecular flexibility index (Phi) is 6.94. The molecule has 0 bridgehead atoms. The third-order valence-electron chi connectivity index (χ3n) is 3.61. The van der Waals surface area contributed by atoms with E-state index >= 15 is 0 Å². The molecule has 134 valence electrons. The molecule has 2 aromatic carbocycles. The topological polar surface area (TPSA) is 90.2 Å². The summed E-state index contributed by atoms with van der Waals surface area (Å²) < 4.78 is 5.39. The lowest BCUT2D eigenvalue weighted by Gasteiger charge is -2.22. The van der Waals surface area contributed by atoms with Crippen LogP contribution in [0.5, 0.6) is 5.75 Å². The third kappa shape index (κ3) is 7.34. The Morgan fingerprint density at radius 1 is 0.920 bits per heavy atom. The van der Waals surface area contributed by atoms with Gasteiger partial charge in [0.05, 0.1) is 0 Å². The van der Waals surface area contributed by atoms with Gasteiger partial charge in [0.15, 0.2) is 0 Å². The molecule has 0 saturated carbocycles. The molecule has 0 radical (unpaired) electrons. The van der Waals surface area contributed by atoms with E-state index < -0.39 is 12.1 Å². The zero-order valence-corrected chi connectivity index (χ0v) is 13.9. The van der Waals surface area contributed by atoms with Gasteiger partial charge in [0.25, 0.3) is 5.97 Å². The highest BCUT2D eigenvalue weighted by atomic mass is 16.7. The van der Waals surface area contributed by atoms with Crippen molar-refractivity contribution >= 4 is 6.09 Å². The van der Waals surface area contributed by atoms with Gasteiger partial charge in [0, 0.05) is 19.5 Å². The normalized spacial score (nSPS) is 11.2. The molecule has 0 heterocycles.